The lowest BCUT2D eigenvalue weighted by molar-refractivity contribution is -0.292. The fourth-order valence-electron chi connectivity index (χ4n) is 2.09. The van der Waals surface area contributed by atoms with Gasteiger partial charge in [-0.1, -0.05) is 18.2 Å². The summed E-state index contributed by atoms with van der Waals surface area (Å²) in [7, 11) is 1.35. The lowest BCUT2D eigenvalue weighted by Crippen LogP contribution is -2.60. The SMILES string of the molecule is CO[C@H]1O[C@H](CO)[C@@H](O)[C@H](O)[C@H]1OC(=S)Oc1ccccc1. The molecule has 1 aliphatic heterocycles. The van der Waals surface area contributed by atoms with Crippen LogP contribution in [0.5, 0.6) is 5.75 Å². The molecule has 0 aliphatic carbocycles. The quantitative estimate of drug-likeness (QED) is 0.654. The molecule has 0 aromatic heterocycles. The van der Waals surface area contributed by atoms with E-state index in [4.69, 9.17) is 36.3 Å². The largest absolute Gasteiger partial charge is 0.445 e. The molecule has 5 atom stereocenters. The van der Waals surface area contributed by atoms with Crippen LogP contribution in [0.15, 0.2) is 30.3 Å². The van der Waals surface area contributed by atoms with Crippen LogP contribution in [0.2, 0.25) is 0 Å². The monoisotopic (exact) mass is 330 g/mol. The summed E-state index contributed by atoms with van der Waals surface area (Å²) >= 11 is 4.97. The molecule has 0 amide bonds. The highest BCUT2D eigenvalue weighted by Crippen LogP contribution is 2.24. The Morgan fingerprint density at radius 3 is 2.50 bits per heavy atom. The molecule has 0 unspecified atom stereocenters. The second-order valence-electron chi connectivity index (χ2n) is 4.69. The zero-order valence-electron chi connectivity index (χ0n) is 11.9. The number of thiocarbonyl (C=S) groups is 1. The molecule has 1 aromatic rings. The number of benzene rings is 1. The summed E-state index contributed by atoms with van der Waals surface area (Å²) in [5, 5.41) is 28.8. The molecule has 7 nitrogen and oxygen atoms in total. The molecule has 1 fully saturated rings. The van der Waals surface area contributed by atoms with Crippen LogP contribution in [0.3, 0.4) is 0 Å². The van der Waals surface area contributed by atoms with Gasteiger partial charge in [0.1, 0.15) is 24.1 Å². The van der Waals surface area contributed by atoms with Crippen molar-refractivity contribution in [2.24, 2.45) is 0 Å². The third-order valence-corrected chi connectivity index (χ3v) is 3.41. The van der Waals surface area contributed by atoms with Crippen molar-refractivity contribution in [1.29, 1.82) is 0 Å². The van der Waals surface area contributed by atoms with E-state index in [0.29, 0.717) is 5.75 Å². The van der Waals surface area contributed by atoms with Gasteiger partial charge in [0.25, 0.3) is 0 Å². The fraction of sp³-hybridized carbons (Fsp3) is 0.500. The van der Waals surface area contributed by atoms with Crippen LogP contribution in [0, 0.1) is 0 Å². The van der Waals surface area contributed by atoms with E-state index in [1.165, 1.54) is 7.11 Å². The first-order chi connectivity index (χ1) is 10.6. The number of para-hydroxylation sites is 1. The number of ether oxygens (including phenoxy) is 4. The van der Waals surface area contributed by atoms with Gasteiger partial charge in [-0.3, -0.25) is 0 Å². The van der Waals surface area contributed by atoms with E-state index in [1.807, 2.05) is 6.07 Å². The Morgan fingerprint density at radius 1 is 1.23 bits per heavy atom. The molecular formula is C14H18O7S. The Morgan fingerprint density at radius 2 is 1.91 bits per heavy atom. The van der Waals surface area contributed by atoms with E-state index in [0.717, 1.165) is 0 Å². The van der Waals surface area contributed by atoms with Crippen molar-refractivity contribution in [3.63, 3.8) is 0 Å². The summed E-state index contributed by atoms with van der Waals surface area (Å²) in [4.78, 5) is 0. The Labute approximate surface area is 133 Å². The highest BCUT2D eigenvalue weighted by atomic mass is 32.1. The number of hydrogen-bond acceptors (Lipinski definition) is 8. The second kappa shape index (κ2) is 7.82. The number of hydrogen-bond donors (Lipinski definition) is 3. The standard InChI is InChI=1S/C14H18O7S/c1-18-13-12(11(17)10(16)9(7-15)20-13)21-14(22)19-8-5-3-2-4-6-8/h2-6,9-13,15-17H,7H2,1H3/t9-,10-,11+,12-,13+/m1/s1. The number of methoxy groups -OCH3 is 1. The maximum absolute atomic E-state index is 10.1. The molecule has 2 rings (SSSR count). The molecular weight excluding hydrogens is 312 g/mol. The summed E-state index contributed by atoms with van der Waals surface area (Å²) in [6, 6.07) is 8.73. The van der Waals surface area contributed by atoms with Crippen LogP contribution in [0.1, 0.15) is 0 Å². The minimum absolute atomic E-state index is 0.240. The Balaban J connectivity index is 2.01. The molecule has 1 saturated heterocycles. The van der Waals surface area contributed by atoms with Crippen molar-refractivity contribution in [1.82, 2.24) is 0 Å². The number of aliphatic hydroxyl groups is 3. The zero-order valence-corrected chi connectivity index (χ0v) is 12.7. The number of aliphatic hydroxyl groups excluding tert-OH is 3. The Hall–Kier alpha value is -1.29. The van der Waals surface area contributed by atoms with Crippen LogP contribution in [0.4, 0.5) is 0 Å². The summed E-state index contributed by atoms with van der Waals surface area (Å²) in [6.45, 7) is -0.463. The highest BCUT2D eigenvalue weighted by Gasteiger charge is 2.46. The van der Waals surface area contributed by atoms with E-state index < -0.39 is 37.3 Å². The van der Waals surface area contributed by atoms with E-state index in [2.05, 4.69) is 0 Å². The molecule has 0 bridgehead atoms. The van der Waals surface area contributed by atoms with Gasteiger partial charge in [0.15, 0.2) is 12.4 Å². The lowest BCUT2D eigenvalue weighted by atomic mass is 9.99. The lowest BCUT2D eigenvalue weighted by Gasteiger charge is -2.40. The van der Waals surface area contributed by atoms with E-state index in [-0.39, 0.29) is 5.24 Å². The van der Waals surface area contributed by atoms with Crippen molar-refractivity contribution in [3.05, 3.63) is 30.3 Å². The smallest absolute Gasteiger partial charge is 0.358 e. The van der Waals surface area contributed by atoms with Crippen LogP contribution in [0.25, 0.3) is 0 Å². The van der Waals surface area contributed by atoms with Crippen LogP contribution in [-0.2, 0) is 14.2 Å². The van der Waals surface area contributed by atoms with Gasteiger partial charge in [-0.2, -0.15) is 0 Å². The van der Waals surface area contributed by atoms with E-state index in [1.54, 1.807) is 24.3 Å². The first-order valence-electron chi connectivity index (χ1n) is 6.65. The fourth-order valence-corrected chi connectivity index (χ4v) is 2.30. The van der Waals surface area contributed by atoms with Crippen molar-refractivity contribution in [3.8, 4) is 5.75 Å². The van der Waals surface area contributed by atoms with Gasteiger partial charge in [-0.25, -0.2) is 0 Å². The van der Waals surface area contributed by atoms with Crippen LogP contribution < -0.4 is 4.74 Å². The molecule has 1 aromatic carbocycles. The number of rotatable bonds is 4. The molecule has 22 heavy (non-hydrogen) atoms. The second-order valence-corrected chi connectivity index (χ2v) is 5.02. The van der Waals surface area contributed by atoms with Gasteiger partial charge in [-0.15, -0.1) is 0 Å². The van der Waals surface area contributed by atoms with Gasteiger partial charge in [-0.05, 0) is 12.1 Å². The maximum Gasteiger partial charge on any atom is 0.358 e. The first-order valence-corrected chi connectivity index (χ1v) is 7.06. The maximum atomic E-state index is 10.1. The summed E-state index contributed by atoms with van der Waals surface area (Å²) in [5.74, 6) is 0.474. The molecule has 0 saturated carbocycles. The van der Waals surface area contributed by atoms with Gasteiger partial charge < -0.3 is 34.3 Å². The normalized spacial score (nSPS) is 31.5. The van der Waals surface area contributed by atoms with Gasteiger partial charge in [0, 0.05) is 19.3 Å². The average Bonchev–Trinajstić information content (AvgIpc) is 2.53. The summed E-state index contributed by atoms with van der Waals surface area (Å²) in [5.41, 5.74) is 0. The average molecular weight is 330 g/mol. The van der Waals surface area contributed by atoms with Gasteiger partial charge >= 0.3 is 5.24 Å². The topological polar surface area (TPSA) is 97.6 Å². The van der Waals surface area contributed by atoms with Crippen LogP contribution >= 0.6 is 12.2 Å². The van der Waals surface area contributed by atoms with E-state index >= 15 is 0 Å². The Bertz CT molecular complexity index is 481. The van der Waals surface area contributed by atoms with Crippen molar-refractivity contribution >= 4 is 17.5 Å². The zero-order chi connectivity index (χ0) is 16.1. The van der Waals surface area contributed by atoms with Crippen molar-refractivity contribution in [2.45, 2.75) is 30.7 Å². The first kappa shape index (κ1) is 17.1. The highest BCUT2D eigenvalue weighted by molar-refractivity contribution is 7.79. The molecule has 1 aliphatic rings. The van der Waals surface area contributed by atoms with Crippen molar-refractivity contribution < 1.29 is 34.3 Å². The third kappa shape index (κ3) is 3.92. The van der Waals surface area contributed by atoms with Gasteiger partial charge in [0.2, 0.25) is 0 Å². The van der Waals surface area contributed by atoms with Crippen LogP contribution in [-0.4, -0.2) is 65.0 Å². The third-order valence-electron chi connectivity index (χ3n) is 3.23. The minimum atomic E-state index is -1.35. The molecule has 8 heteroatoms. The predicted octanol–water partition coefficient (Wildman–Crippen LogP) is -0.179. The molecule has 122 valence electrons. The molecule has 1 heterocycles. The van der Waals surface area contributed by atoms with E-state index in [9.17, 15) is 10.2 Å². The summed E-state index contributed by atoms with van der Waals surface area (Å²) < 4.78 is 21.0. The van der Waals surface area contributed by atoms with Crippen molar-refractivity contribution in [2.75, 3.05) is 13.7 Å². The van der Waals surface area contributed by atoms with Gasteiger partial charge in [0.05, 0.1) is 6.61 Å². The molecule has 3 N–H and O–H groups in total. The Kier molecular flexibility index (Phi) is 6.07. The summed E-state index contributed by atoms with van der Waals surface area (Å²) in [6.07, 6.45) is -5.75. The molecule has 0 spiro atoms. The predicted molar refractivity (Wildman–Crippen MR) is 79.3 cm³/mol. The molecule has 0 radical (unpaired) electrons. The minimum Gasteiger partial charge on any atom is -0.445 e.